The highest BCUT2D eigenvalue weighted by atomic mass is 35.5. The molecule has 0 aromatic carbocycles. The number of aromatic nitrogens is 2. The molecular weight excluding hydrogens is 214 g/mol. The van der Waals surface area contributed by atoms with E-state index in [-0.39, 0.29) is 12.6 Å². The molecule has 0 bridgehead atoms. The number of anilines is 1. The maximum Gasteiger partial charge on any atom is 0.227 e. The number of rotatable bonds is 2. The van der Waals surface area contributed by atoms with Gasteiger partial charge in [0.15, 0.2) is 0 Å². The van der Waals surface area contributed by atoms with E-state index in [0.29, 0.717) is 11.1 Å². The zero-order chi connectivity index (χ0) is 10.8. The van der Waals surface area contributed by atoms with Gasteiger partial charge in [0, 0.05) is 18.3 Å². The van der Waals surface area contributed by atoms with Crippen molar-refractivity contribution in [2.45, 2.75) is 25.8 Å². The molecule has 1 aliphatic rings. The van der Waals surface area contributed by atoms with Crippen LogP contribution in [0.15, 0.2) is 6.20 Å². The van der Waals surface area contributed by atoms with Gasteiger partial charge in [-0.05, 0) is 19.8 Å². The first-order valence-electron chi connectivity index (χ1n) is 5.09. The normalized spacial score (nSPS) is 21.0. The van der Waals surface area contributed by atoms with Crippen molar-refractivity contribution in [2.24, 2.45) is 0 Å². The SMILES string of the molecule is Cc1cnc(N2CCC[C@@H]2CO)nc1Cl. The Morgan fingerprint density at radius 1 is 1.67 bits per heavy atom. The molecule has 0 unspecified atom stereocenters. The number of aliphatic hydroxyl groups excluding tert-OH is 1. The van der Waals surface area contributed by atoms with Crippen LogP contribution in [0.5, 0.6) is 0 Å². The number of hydrogen-bond donors (Lipinski definition) is 1. The van der Waals surface area contributed by atoms with E-state index in [4.69, 9.17) is 11.6 Å². The molecule has 5 heteroatoms. The molecule has 82 valence electrons. The van der Waals surface area contributed by atoms with Crippen LogP contribution in [0.1, 0.15) is 18.4 Å². The standard InChI is InChI=1S/C10H14ClN3O/c1-7-5-12-10(13-9(7)11)14-4-2-3-8(14)6-15/h5,8,15H,2-4,6H2,1H3/t8-/m1/s1. The van der Waals surface area contributed by atoms with E-state index in [1.165, 1.54) is 0 Å². The van der Waals surface area contributed by atoms with E-state index in [9.17, 15) is 5.11 Å². The van der Waals surface area contributed by atoms with Crippen molar-refractivity contribution in [3.63, 3.8) is 0 Å². The molecule has 1 atom stereocenters. The third-order valence-corrected chi connectivity index (χ3v) is 3.12. The average Bonchev–Trinajstić information content (AvgIpc) is 2.70. The molecule has 1 aliphatic heterocycles. The Morgan fingerprint density at radius 3 is 3.13 bits per heavy atom. The smallest absolute Gasteiger partial charge is 0.227 e. The van der Waals surface area contributed by atoms with Crippen molar-refractivity contribution >= 4 is 17.5 Å². The summed E-state index contributed by atoms with van der Waals surface area (Å²) < 4.78 is 0. The van der Waals surface area contributed by atoms with Gasteiger partial charge < -0.3 is 10.0 Å². The Bertz CT molecular complexity index is 359. The first kappa shape index (κ1) is 10.6. The van der Waals surface area contributed by atoms with Gasteiger partial charge in [0.1, 0.15) is 5.15 Å². The van der Waals surface area contributed by atoms with Crippen molar-refractivity contribution in [1.82, 2.24) is 9.97 Å². The Kier molecular flexibility index (Phi) is 3.07. The molecule has 1 N–H and O–H groups in total. The van der Waals surface area contributed by atoms with Gasteiger partial charge in [-0.15, -0.1) is 0 Å². The predicted octanol–water partition coefficient (Wildman–Crippen LogP) is 1.40. The molecule has 2 heterocycles. The zero-order valence-corrected chi connectivity index (χ0v) is 9.41. The van der Waals surface area contributed by atoms with Gasteiger partial charge in [-0.1, -0.05) is 11.6 Å². The minimum atomic E-state index is 0.142. The van der Waals surface area contributed by atoms with Crippen LogP contribution < -0.4 is 4.90 Å². The van der Waals surface area contributed by atoms with Crippen molar-refractivity contribution in [3.8, 4) is 0 Å². The predicted molar refractivity (Wildman–Crippen MR) is 59.2 cm³/mol. The summed E-state index contributed by atoms with van der Waals surface area (Å²) >= 11 is 5.94. The van der Waals surface area contributed by atoms with Crippen LogP contribution in [-0.4, -0.2) is 34.3 Å². The lowest BCUT2D eigenvalue weighted by Gasteiger charge is -2.22. The molecule has 0 radical (unpaired) electrons. The third kappa shape index (κ3) is 2.06. The zero-order valence-electron chi connectivity index (χ0n) is 8.65. The highest BCUT2D eigenvalue weighted by Gasteiger charge is 2.26. The average molecular weight is 228 g/mol. The van der Waals surface area contributed by atoms with Crippen molar-refractivity contribution in [2.75, 3.05) is 18.1 Å². The molecule has 0 saturated carbocycles. The molecule has 1 fully saturated rings. The molecule has 1 aromatic heterocycles. The fourth-order valence-electron chi connectivity index (χ4n) is 1.84. The highest BCUT2D eigenvalue weighted by Crippen LogP contribution is 2.23. The maximum absolute atomic E-state index is 9.19. The molecule has 2 rings (SSSR count). The second-order valence-corrected chi connectivity index (χ2v) is 4.17. The number of aliphatic hydroxyl groups is 1. The minimum Gasteiger partial charge on any atom is -0.394 e. The van der Waals surface area contributed by atoms with Crippen LogP contribution in [0, 0.1) is 6.92 Å². The van der Waals surface area contributed by atoms with E-state index >= 15 is 0 Å². The quantitative estimate of drug-likeness (QED) is 0.776. The van der Waals surface area contributed by atoms with Crippen molar-refractivity contribution < 1.29 is 5.11 Å². The second kappa shape index (κ2) is 4.33. The van der Waals surface area contributed by atoms with E-state index in [2.05, 4.69) is 9.97 Å². The fourth-order valence-corrected chi connectivity index (χ4v) is 1.96. The lowest BCUT2D eigenvalue weighted by Crippen LogP contribution is -2.33. The van der Waals surface area contributed by atoms with E-state index in [1.54, 1.807) is 6.20 Å². The third-order valence-electron chi connectivity index (χ3n) is 2.74. The van der Waals surface area contributed by atoms with E-state index in [0.717, 1.165) is 24.9 Å². The van der Waals surface area contributed by atoms with Crippen LogP contribution in [-0.2, 0) is 0 Å². The minimum absolute atomic E-state index is 0.142. The summed E-state index contributed by atoms with van der Waals surface area (Å²) in [6.45, 7) is 2.92. The van der Waals surface area contributed by atoms with Gasteiger partial charge in [-0.25, -0.2) is 9.97 Å². The number of hydrogen-bond acceptors (Lipinski definition) is 4. The number of nitrogens with zero attached hydrogens (tertiary/aromatic N) is 3. The summed E-state index contributed by atoms with van der Waals surface area (Å²) in [7, 11) is 0. The summed E-state index contributed by atoms with van der Waals surface area (Å²) in [5.41, 5.74) is 0.875. The van der Waals surface area contributed by atoms with E-state index in [1.807, 2.05) is 11.8 Å². The maximum atomic E-state index is 9.19. The van der Waals surface area contributed by atoms with Crippen LogP contribution in [0.2, 0.25) is 5.15 Å². The van der Waals surface area contributed by atoms with Gasteiger partial charge in [-0.2, -0.15) is 0 Å². The summed E-state index contributed by atoms with van der Waals surface area (Å²) in [5, 5.41) is 9.68. The molecule has 1 saturated heterocycles. The topological polar surface area (TPSA) is 49.2 Å². The van der Waals surface area contributed by atoms with Crippen LogP contribution >= 0.6 is 11.6 Å². The van der Waals surface area contributed by atoms with Gasteiger partial charge in [0.25, 0.3) is 0 Å². The van der Waals surface area contributed by atoms with Crippen molar-refractivity contribution in [1.29, 1.82) is 0 Å². The van der Waals surface area contributed by atoms with Gasteiger partial charge >= 0.3 is 0 Å². The molecule has 0 amide bonds. The lowest BCUT2D eigenvalue weighted by atomic mass is 10.2. The summed E-state index contributed by atoms with van der Waals surface area (Å²) in [6, 6.07) is 0.142. The molecular formula is C10H14ClN3O. The fraction of sp³-hybridized carbons (Fsp3) is 0.600. The van der Waals surface area contributed by atoms with Gasteiger partial charge in [0.2, 0.25) is 5.95 Å². The van der Waals surface area contributed by atoms with E-state index < -0.39 is 0 Å². The molecule has 1 aromatic rings. The van der Waals surface area contributed by atoms with Crippen LogP contribution in [0.3, 0.4) is 0 Å². The van der Waals surface area contributed by atoms with Gasteiger partial charge in [-0.3, -0.25) is 0 Å². The highest BCUT2D eigenvalue weighted by molar-refractivity contribution is 6.30. The number of halogens is 1. The largest absolute Gasteiger partial charge is 0.394 e. The second-order valence-electron chi connectivity index (χ2n) is 3.82. The van der Waals surface area contributed by atoms with Gasteiger partial charge in [0.05, 0.1) is 12.6 Å². The first-order valence-corrected chi connectivity index (χ1v) is 5.47. The number of aryl methyl sites for hydroxylation is 1. The molecule has 4 nitrogen and oxygen atoms in total. The summed E-state index contributed by atoms with van der Waals surface area (Å²) in [6.07, 6.45) is 3.78. The molecule has 0 aliphatic carbocycles. The van der Waals surface area contributed by atoms with Crippen LogP contribution in [0.4, 0.5) is 5.95 Å². The molecule has 0 spiro atoms. The Morgan fingerprint density at radius 2 is 2.47 bits per heavy atom. The Labute approximate surface area is 93.9 Å². The monoisotopic (exact) mass is 227 g/mol. The first-order chi connectivity index (χ1) is 7.22. The summed E-state index contributed by atoms with van der Waals surface area (Å²) in [4.78, 5) is 10.5. The van der Waals surface area contributed by atoms with Crippen molar-refractivity contribution in [3.05, 3.63) is 16.9 Å². The molecule has 15 heavy (non-hydrogen) atoms. The Balaban J connectivity index is 2.25. The van der Waals surface area contributed by atoms with Crippen LogP contribution in [0.25, 0.3) is 0 Å². The lowest BCUT2D eigenvalue weighted by molar-refractivity contribution is 0.265. The Hall–Kier alpha value is -0.870. The summed E-state index contributed by atoms with van der Waals surface area (Å²) in [5.74, 6) is 0.627.